The summed E-state index contributed by atoms with van der Waals surface area (Å²) in [6.07, 6.45) is -0.846. The predicted octanol–water partition coefficient (Wildman–Crippen LogP) is 7.57. The number of rotatable bonds is 14. The summed E-state index contributed by atoms with van der Waals surface area (Å²) in [4.78, 5) is 39.2. The number of benzene rings is 1. The highest BCUT2D eigenvalue weighted by Gasteiger charge is 2.44. The molecule has 0 amide bonds. The van der Waals surface area contributed by atoms with Crippen LogP contribution in [0.15, 0.2) is 30.3 Å². The van der Waals surface area contributed by atoms with Crippen LogP contribution in [0.2, 0.25) is 0 Å². The quantitative estimate of drug-likeness (QED) is 0.218. The number of carbonyl (C=O) groups excluding carboxylic acids is 2. The molecular formula is C32H67NO7. The Labute approximate surface area is 248 Å². The third-order valence-electron chi connectivity index (χ3n) is 5.75. The van der Waals surface area contributed by atoms with Gasteiger partial charge in [-0.15, -0.1) is 0 Å². The van der Waals surface area contributed by atoms with Crippen LogP contribution in [0.1, 0.15) is 105 Å². The van der Waals surface area contributed by atoms with Crippen LogP contribution in [0.25, 0.3) is 0 Å². The standard InChI is InChI=1S/C25H39NO7.7CH4/c1-7-26(6)14-20(27)16-32-21(28)18(2)13-25(5,22(29)30)17-24(3,4)23(31)33-15-19-11-9-8-10-12-19;;;;;;;/h8-12,18,20,27H,7,13-17H2,1-6H3,(H,29,30);7*1H4. The molecule has 0 saturated heterocycles. The third-order valence-corrected chi connectivity index (χ3v) is 5.75. The van der Waals surface area contributed by atoms with Crippen molar-refractivity contribution in [3.8, 4) is 0 Å². The van der Waals surface area contributed by atoms with E-state index < -0.39 is 40.8 Å². The number of carbonyl (C=O) groups is 3. The molecule has 0 aliphatic rings. The van der Waals surface area contributed by atoms with Crippen LogP contribution in [0.4, 0.5) is 0 Å². The Morgan fingerprint density at radius 2 is 1.43 bits per heavy atom. The zero-order valence-electron chi connectivity index (χ0n) is 20.7. The minimum Gasteiger partial charge on any atom is -0.481 e. The fourth-order valence-electron chi connectivity index (χ4n) is 3.82. The van der Waals surface area contributed by atoms with Crippen molar-refractivity contribution in [2.75, 3.05) is 26.7 Å². The van der Waals surface area contributed by atoms with Gasteiger partial charge in [-0.2, -0.15) is 0 Å². The number of aliphatic hydroxyl groups excluding tert-OH is 1. The zero-order valence-corrected chi connectivity index (χ0v) is 20.7. The molecule has 1 rings (SSSR count). The predicted molar refractivity (Wildman–Crippen MR) is 171 cm³/mol. The van der Waals surface area contributed by atoms with Crippen LogP contribution < -0.4 is 0 Å². The average molecular weight is 578 g/mol. The van der Waals surface area contributed by atoms with Gasteiger partial charge in [0.05, 0.1) is 16.7 Å². The fourth-order valence-corrected chi connectivity index (χ4v) is 3.82. The summed E-state index contributed by atoms with van der Waals surface area (Å²) in [6, 6.07) is 9.23. The van der Waals surface area contributed by atoms with Crippen LogP contribution in [-0.2, 0) is 30.5 Å². The highest BCUT2D eigenvalue weighted by molar-refractivity contribution is 5.80. The lowest BCUT2D eigenvalue weighted by Crippen LogP contribution is -2.40. The van der Waals surface area contributed by atoms with Crippen molar-refractivity contribution >= 4 is 17.9 Å². The molecule has 242 valence electrons. The summed E-state index contributed by atoms with van der Waals surface area (Å²) in [5.74, 6) is -2.91. The first-order valence-corrected chi connectivity index (χ1v) is 11.3. The molecule has 0 aliphatic heterocycles. The molecule has 0 bridgehead atoms. The Hall–Kier alpha value is -2.45. The van der Waals surface area contributed by atoms with E-state index in [-0.39, 0.29) is 78.0 Å². The maximum absolute atomic E-state index is 12.7. The van der Waals surface area contributed by atoms with E-state index in [4.69, 9.17) is 9.47 Å². The minimum absolute atomic E-state index is 0. The highest BCUT2D eigenvalue weighted by Crippen LogP contribution is 2.40. The van der Waals surface area contributed by atoms with E-state index in [1.165, 1.54) is 6.92 Å². The fraction of sp³-hybridized carbons (Fsp3) is 0.719. The second kappa shape index (κ2) is 24.4. The van der Waals surface area contributed by atoms with Gasteiger partial charge in [-0.25, -0.2) is 0 Å². The van der Waals surface area contributed by atoms with E-state index in [1.807, 2.05) is 49.2 Å². The SMILES string of the molecule is C.C.C.C.C.C.C.CCN(C)CC(O)COC(=O)C(C)CC(C)(CC(C)(C)C(=O)OCc1ccccc1)C(=O)O. The van der Waals surface area contributed by atoms with Crippen molar-refractivity contribution in [2.45, 2.75) is 112 Å². The largest absolute Gasteiger partial charge is 0.481 e. The lowest BCUT2D eigenvalue weighted by molar-refractivity contribution is -0.162. The molecule has 1 aromatic carbocycles. The topological polar surface area (TPSA) is 113 Å². The van der Waals surface area contributed by atoms with E-state index in [9.17, 15) is 24.6 Å². The van der Waals surface area contributed by atoms with Crippen molar-refractivity contribution in [2.24, 2.45) is 16.7 Å². The Morgan fingerprint density at radius 3 is 1.88 bits per heavy atom. The van der Waals surface area contributed by atoms with E-state index in [0.29, 0.717) is 6.54 Å². The first-order valence-electron chi connectivity index (χ1n) is 11.3. The average Bonchev–Trinajstić information content (AvgIpc) is 2.75. The second-order valence-corrected chi connectivity index (χ2v) is 9.73. The van der Waals surface area contributed by atoms with Gasteiger partial charge in [0.15, 0.2) is 0 Å². The summed E-state index contributed by atoms with van der Waals surface area (Å²) in [5.41, 5.74) is -1.59. The van der Waals surface area contributed by atoms with Gasteiger partial charge < -0.3 is 24.6 Å². The number of likely N-dealkylation sites (N-methyl/N-ethyl adjacent to an activating group) is 1. The Bertz CT molecular complexity index is 783. The maximum atomic E-state index is 12.7. The van der Waals surface area contributed by atoms with Gasteiger partial charge in [0.2, 0.25) is 0 Å². The maximum Gasteiger partial charge on any atom is 0.311 e. The summed E-state index contributed by atoms with van der Waals surface area (Å²) in [6.45, 7) is 9.42. The van der Waals surface area contributed by atoms with E-state index in [1.54, 1.807) is 20.8 Å². The molecule has 40 heavy (non-hydrogen) atoms. The van der Waals surface area contributed by atoms with E-state index in [0.717, 1.165) is 12.1 Å². The number of hydrogen-bond acceptors (Lipinski definition) is 7. The molecule has 3 atom stereocenters. The summed E-state index contributed by atoms with van der Waals surface area (Å²) < 4.78 is 10.6. The van der Waals surface area contributed by atoms with Crippen molar-refractivity contribution in [3.63, 3.8) is 0 Å². The van der Waals surface area contributed by atoms with Gasteiger partial charge in [0, 0.05) is 6.54 Å². The smallest absolute Gasteiger partial charge is 0.311 e. The minimum atomic E-state index is -1.35. The second-order valence-electron chi connectivity index (χ2n) is 9.73. The van der Waals surface area contributed by atoms with Gasteiger partial charge in [0.1, 0.15) is 19.3 Å². The van der Waals surface area contributed by atoms with Crippen LogP contribution in [0, 0.1) is 16.7 Å². The molecule has 0 heterocycles. The van der Waals surface area contributed by atoms with Crippen LogP contribution >= 0.6 is 0 Å². The van der Waals surface area contributed by atoms with Crippen LogP contribution in [0.3, 0.4) is 0 Å². The number of aliphatic carboxylic acids is 1. The van der Waals surface area contributed by atoms with Crippen LogP contribution in [0.5, 0.6) is 0 Å². The molecule has 0 spiro atoms. The molecule has 8 heteroatoms. The van der Waals surface area contributed by atoms with Gasteiger partial charge in [0.25, 0.3) is 0 Å². The molecule has 0 aliphatic carbocycles. The molecule has 3 unspecified atom stereocenters. The number of nitrogens with zero attached hydrogens (tertiary/aromatic N) is 1. The molecule has 8 nitrogen and oxygen atoms in total. The van der Waals surface area contributed by atoms with Crippen molar-refractivity contribution in [1.29, 1.82) is 0 Å². The van der Waals surface area contributed by atoms with Crippen molar-refractivity contribution in [3.05, 3.63) is 35.9 Å². The number of esters is 2. The number of ether oxygens (including phenoxy) is 2. The lowest BCUT2D eigenvalue weighted by Gasteiger charge is -2.34. The Kier molecular flexibility index (Phi) is 32.7. The van der Waals surface area contributed by atoms with Crippen molar-refractivity contribution < 1.29 is 34.1 Å². The Balaban J connectivity index is -0.000000311. The molecule has 0 saturated carbocycles. The monoisotopic (exact) mass is 577 g/mol. The normalized spacial score (nSPS) is 12.7. The molecule has 0 aromatic heterocycles. The Morgan fingerprint density at radius 1 is 0.925 bits per heavy atom. The van der Waals surface area contributed by atoms with Gasteiger partial charge in [-0.3, -0.25) is 14.4 Å². The number of carboxylic acids is 1. The summed E-state index contributed by atoms with van der Waals surface area (Å²) in [5, 5.41) is 19.9. The number of carboxylic acid groups (broad SMARTS) is 1. The molecular weight excluding hydrogens is 510 g/mol. The summed E-state index contributed by atoms with van der Waals surface area (Å²) in [7, 11) is 1.85. The molecule has 0 fully saturated rings. The lowest BCUT2D eigenvalue weighted by atomic mass is 9.70. The van der Waals surface area contributed by atoms with Gasteiger partial charge in [-0.05, 0) is 52.8 Å². The van der Waals surface area contributed by atoms with Gasteiger partial charge >= 0.3 is 17.9 Å². The third kappa shape index (κ3) is 18.0. The first kappa shape index (κ1) is 53.7. The van der Waals surface area contributed by atoms with E-state index >= 15 is 0 Å². The highest BCUT2D eigenvalue weighted by atomic mass is 16.5. The number of aliphatic hydroxyl groups is 1. The molecule has 1 aromatic rings. The van der Waals surface area contributed by atoms with E-state index in [2.05, 4.69) is 0 Å². The zero-order chi connectivity index (χ0) is 25.2. The first-order chi connectivity index (χ1) is 15.3. The van der Waals surface area contributed by atoms with Gasteiger partial charge in [-0.1, -0.05) is 96.2 Å². The summed E-state index contributed by atoms with van der Waals surface area (Å²) >= 11 is 0. The molecule has 2 N–H and O–H groups in total. The van der Waals surface area contributed by atoms with Crippen molar-refractivity contribution in [1.82, 2.24) is 4.90 Å². The molecule has 0 radical (unpaired) electrons. The number of hydrogen-bond donors (Lipinski definition) is 2. The van der Waals surface area contributed by atoms with Crippen LogP contribution in [-0.4, -0.2) is 65.9 Å².